The summed E-state index contributed by atoms with van der Waals surface area (Å²) in [5.74, 6) is -2.74. The van der Waals surface area contributed by atoms with Crippen LogP contribution in [0.4, 0.5) is 0 Å². The normalized spacial score (nSPS) is 18.6. The first-order valence-corrected chi connectivity index (χ1v) is 9.24. The first-order chi connectivity index (χ1) is 9.84. The van der Waals surface area contributed by atoms with Crippen molar-refractivity contribution in [2.45, 2.75) is 51.5 Å². The number of hydrogen-bond acceptors (Lipinski definition) is 5. The average molecular weight is 319 g/mol. The zero-order valence-electron chi connectivity index (χ0n) is 12.8. The molecular weight excluding hydrogens is 294 g/mol. The Bertz CT molecular complexity index is 452. The predicted molar refractivity (Wildman–Crippen MR) is 79.5 cm³/mol. The molecule has 0 spiro atoms. The molecule has 1 aliphatic rings. The highest BCUT2D eigenvalue weighted by atomic mass is 32.2. The van der Waals surface area contributed by atoms with Crippen LogP contribution >= 0.6 is 0 Å². The molecule has 1 atom stereocenters. The Morgan fingerprint density at radius 1 is 1.19 bits per heavy atom. The summed E-state index contributed by atoms with van der Waals surface area (Å²) in [5.41, 5.74) is 0. The molecule has 21 heavy (non-hydrogen) atoms. The van der Waals surface area contributed by atoms with Gasteiger partial charge in [0, 0.05) is 6.04 Å². The monoisotopic (exact) mass is 319 g/mol. The maximum absolute atomic E-state index is 11.9. The highest BCUT2D eigenvalue weighted by Crippen LogP contribution is 2.17. The number of sulfone groups is 1. The summed E-state index contributed by atoms with van der Waals surface area (Å²) in [7, 11) is -2.40. The third kappa shape index (κ3) is 6.93. The Morgan fingerprint density at radius 3 is 2.29 bits per heavy atom. The number of ether oxygens (including phenoxy) is 1. The van der Waals surface area contributed by atoms with E-state index in [1.165, 1.54) is 26.9 Å². The molecule has 1 unspecified atom stereocenters. The summed E-state index contributed by atoms with van der Waals surface area (Å²) in [6.07, 6.45) is 6.28. The van der Waals surface area contributed by atoms with Crippen molar-refractivity contribution in [2.75, 3.05) is 18.6 Å². The van der Waals surface area contributed by atoms with Crippen molar-refractivity contribution in [3.63, 3.8) is 0 Å². The van der Waals surface area contributed by atoms with E-state index in [1.54, 1.807) is 0 Å². The van der Waals surface area contributed by atoms with Crippen molar-refractivity contribution in [1.82, 2.24) is 5.32 Å². The van der Waals surface area contributed by atoms with Crippen molar-refractivity contribution < 1.29 is 22.7 Å². The van der Waals surface area contributed by atoms with Crippen molar-refractivity contribution in [1.29, 1.82) is 0 Å². The fraction of sp³-hybridized carbons (Fsp3) is 0.857. The van der Waals surface area contributed by atoms with Crippen LogP contribution in [0.3, 0.4) is 0 Å². The second-order valence-electron chi connectivity index (χ2n) is 5.73. The highest BCUT2D eigenvalue weighted by molar-refractivity contribution is 7.92. The second kappa shape index (κ2) is 8.36. The topological polar surface area (TPSA) is 89.5 Å². The van der Waals surface area contributed by atoms with Gasteiger partial charge in [0.1, 0.15) is 5.75 Å². The molecule has 7 heteroatoms. The van der Waals surface area contributed by atoms with Crippen LogP contribution < -0.4 is 5.32 Å². The lowest BCUT2D eigenvalue weighted by Crippen LogP contribution is -2.39. The van der Waals surface area contributed by atoms with E-state index in [0.29, 0.717) is 0 Å². The van der Waals surface area contributed by atoms with E-state index in [-0.39, 0.29) is 11.8 Å². The van der Waals surface area contributed by atoms with Crippen molar-refractivity contribution in [3.8, 4) is 0 Å². The summed E-state index contributed by atoms with van der Waals surface area (Å²) in [6.45, 7) is 1.48. The van der Waals surface area contributed by atoms with E-state index in [9.17, 15) is 18.0 Å². The molecule has 0 heterocycles. The molecular formula is C14H25NO5S. The van der Waals surface area contributed by atoms with Gasteiger partial charge in [0.15, 0.2) is 9.84 Å². The molecule has 0 aromatic heterocycles. The van der Waals surface area contributed by atoms with Gasteiger partial charge in [0.2, 0.25) is 5.91 Å². The molecule has 0 aromatic carbocycles. The summed E-state index contributed by atoms with van der Waals surface area (Å²) >= 11 is 0. The van der Waals surface area contributed by atoms with Gasteiger partial charge >= 0.3 is 5.97 Å². The van der Waals surface area contributed by atoms with Crippen LogP contribution in [-0.4, -0.2) is 45.0 Å². The van der Waals surface area contributed by atoms with E-state index in [1.807, 2.05) is 0 Å². The van der Waals surface area contributed by atoms with Gasteiger partial charge in [-0.25, -0.2) is 8.42 Å². The summed E-state index contributed by atoms with van der Waals surface area (Å²) < 4.78 is 28.3. The van der Waals surface area contributed by atoms with Gasteiger partial charge in [-0.05, 0) is 12.8 Å². The van der Waals surface area contributed by atoms with Crippen LogP contribution in [0.15, 0.2) is 0 Å². The Balaban J connectivity index is 2.46. The van der Waals surface area contributed by atoms with E-state index in [2.05, 4.69) is 10.1 Å². The minimum absolute atomic E-state index is 0.0771. The van der Waals surface area contributed by atoms with Gasteiger partial charge in [-0.3, -0.25) is 9.59 Å². The van der Waals surface area contributed by atoms with Crippen LogP contribution in [-0.2, 0) is 24.2 Å². The SMILES string of the molecule is COC(=O)C(C)CS(=O)(=O)CC(=O)NC1CCCCCC1. The standard InChI is InChI=1S/C14H25NO5S/c1-11(14(17)20-2)9-21(18,19)10-13(16)15-12-7-5-3-4-6-8-12/h11-12H,3-10H2,1-2H3,(H,15,16). The van der Waals surface area contributed by atoms with E-state index in [4.69, 9.17) is 0 Å². The Kier molecular flexibility index (Phi) is 7.14. The first-order valence-electron chi connectivity index (χ1n) is 7.41. The van der Waals surface area contributed by atoms with Crippen LogP contribution in [0, 0.1) is 5.92 Å². The largest absolute Gasteiger partial charge is 0.469 e. The van der Waals surface area contributed by atoms with Crippen molar-refractivity contribution in [3.05, 3.63) is 0 Å². The number of esters is 1. The smallest absolute Gasteiger partial charge is 0.309 e. The molecule has 122 valence electrons. The fourth-order valence-corrected chi connectivity index (χ4v) is 4.10. The fourth-order valence-electron chi connectivity index (χ4n) is 2.60. The van der Waals surface area contributed by atoms with Crippen molar-refractivity contribution >= 4 is 21.7 Å². The number of methoxy groups -OCH3 is 1. The highest BCUT2D eigenvalue weighted by Gasteiger charge is 2.25. The molecule has 6 nitrogen and oxygen atoms in total. The van der Waals surface area contributed by atoms with E-state index < -0.39 is 33.4 Å². The molecule has 1 saturated carbocycles. The number of carbonyl (C=O) groups excluding carboxylic acids is 2. The zero-order valence-corrected chi connectivity index (χ0v) is 13.6. The second-order valence-corrected chi connectivity index (χ2v) is 7.84. The third-order valence-electron chi connectivity index (χ3n) is 3.68. The number of nitrogens with one attached hydrogen (secondary N) is 1. The third-order valence-corrected chi connectivity index (χ3v) is 5.39. The molecule has 1 fully saturated rings. The lowest BCUT2D eigenvalue weighted by atomic mass is 10.1. The van der Waals surface area contributed by atoms with Gasteiger partial charge in [0.05, 0.1) is 18.8 Å². The molecule has 0 aliphatic heterocycles. The number of carbonyl (C=O) groups is 2. The molecule has 0 saturated heterocycles. The molecule has 0 bridgehead atoms. The summed E-state index contributed by atoms with van der Waals surface area (Å²) in [5, 5.41) is 2.80. The quantitative estimate of drug-likeness (QED) is 0.584. The molecule has 1 amide bonds. The van der Waals surface area contributed by atoms with Crippen LogP contribution in [0.1, 0.15) is 45.4 Å². The molecule has 1 aliphatic carbocycles. The minimum atomic E-state index is -3.61. The predicted octanol–water partition coefficient (Wildman–Crippen LogP) is 1.05. The van der Waals surface area contributed by atoms with Gasteiger partial charge in [-0.1, -0.05) is 32.6 Å². The van der Waals surface area contributed by atoms with Gasteiger partial charge in [-0.15, -0.1) is 0 Å². The van der Waals surface area contributed by atoms with Crippen LogP contribution in [0.2, 0.25) is 0 Å². The molecule has 1 rings (SSSR count). The van der Waals surface area contributed by atoms with Crippen LogP contribution in [0.5, 0.6) is 0 Å². The van der Waals surface area contributed by atoms with Crippen LogP contribution in [0.25, 0.3) is 0 Å². The molecule has 1 N–H and O–H groups in total. The minimum Gasteiger partial charge on any atom is -0.469 e. The Labute approximate surface area is 126 Å². The van der Waals surface area contributed by atoms with E-state index in [0.717, 1.165) is 25.7 Å². The molecule has 0 radical (unpaired) electrons. The lowest BCUT2D eigenvalue weighted by molar-refractivity contribution is -0.144. The maximum Gasteiger partial charge on any atom is 0.309 e. The summed E-state index contributed by atoms with van der Waals surface area (Å²) in [6, 6.07) is 0.0771. The van der Waals surface area contributed by atoms with Crippen molar-refractivity contribution in [2.24, 2.45) is 5.92 Å². The number of amides is 1. The average Bonchev–Trinajstić information content (AvgIpc) is 2.64. The Morgan fingerprint density at radius 2 is 1.76 bits per heavy atom. The summed E-state index contributed by atoms with van der Waals surface area (Å²) in [4.78, 5) is 23.1. The Hall–Kier alpha value is -1.11. The number of rotatable bonds is 6. The van der Waals surface area contributed by atoms with Gasteiger partial charge in [0.25, 0.3) is 0 Å². The number of hydrogen-bond donors (Lipinski definition) is 1. The zero-order chi connectivity index (χ0) is 15.9. The van der Waals surface area contributed by atoms with E-state index >= 15 is 0 Å². The van der Waals surface area contributed by atoms with Gasteiger partial charge in [-0.2, -0.15) is 0 Å². The lowest BCUT2D eigenvalue weighted by Gasteiger charge is -2.16. The molecule has 0 aromatic rings. The first kappa shape index (κ1) is 17.9. The maximum atomic E-state index is 11.9. The van der Waals surface area contributed by atoms with Gasteiger partial charge < -0.3 is 10.1 Å².